The van der Waals surface area contributed by atoms with Crippen LogP contribution < -0.4 is 10.5 Å². The number of pyridine rings is 1. The van der Waals surface area contributed by atoms with E-state index in [9.17, 15) is 9.59 Å². The number of fused-ring (bicyclic) bond motifs is 4. The minimum absolute atomic E-state index is 0.0173. The summed E-state index contributed by atoms with van der Waals surface area (Å²) >= 11 is 0. The largest absolute Gasteiger partial charge is 0.494 e. The van der Waals surface area contributed by atoms with Gasteiger partial charge in [-0.25, -0.2) is 19.9 Å². The van der Waals surface area contributed by atoms with Gasteiger partial charge in [-0.15, -0.1) is 0 Å². The zero-order valence-corrected chi connectivity index (χ0v) is 26.5. The van der Waals surface area contributed by atoms with Gasteiger partial charge in [0.05, 0.1) is 29.9 Å². The SMILES string of the molecule is COc1cc(C(=O)N2CC3CCC2[C@@H]3N)cc2nc(-c3cc4cccnc4n3CC3CC3)n(C3CN(C(=O)c4cnc(C#N)nc4)C3)c12. The van der Waals surface area contributed by atoms with Gasteiger partial charge in [0.25, 0.3) is 11.8 Å². The molecule has 6 heterocycles. The van der Waals surface area contributed by atoms with Crippen LogP contribution in [0.1, 0.15) is 58.3 Å². The number of piperidine rings is 1. The third-order valence-electron chi connectivity index (χ3n) is 10.7. The van der Waals surface area contributed by atoms with Crippen LogP contribution in [0, 0.1) is 23.2 Å². The standard InChI is InChI=1S/C35H34N10O3/c1-48-28-11-22(35(47)44-16-21-6-7-26(44)30(21)37)9-25-31(28)45(24-17-42(18-24)34(46)23-13-39-29(12-36)40-14-23)33(41-25)27-10-20-3-2-8-38-32(20)43(27)15-19-4-5-19/h2-3,8-11,13-14,19,21,24,26,30H,4-7,15-18,37H2,1H3/t21?,26?,30-/m1/s1. The third-order valence-corrected chi connectivity index (χ3v) is 10.7. The molecule has 48 heavy (non-hydrogen) atoms. The molecular weight excluding hydrogens is 608 g/mol. The maximum absolute atomic E-state index is 13.9. The number of hydrogen-bond acceptors (Lipinski definition) is 9. The van der Waals surface area contributed by atoms with Crippen molar-refractivity contribution < 1.29 is 14.3 Å². The number of imidazole rings is 1. The second-order valence-corrected chi connectivity index (χ2v) is 13.6. The van der Waals surface area contributed by atoms with Gasteiger partial charge in [0.15, 0.2) is 5.82 Å². The van der Waals surface area contributed by atoms with Crippen molar-refractivity contribution in [2.45, 2.75) is 50.4 Å². The van der Waals surface area contributed by atoms with Crippen LogP contribution in [0.3, 0.4) is 0 Å². The Kier molecular flexibility index (Phi) is 6.52. The van der Waals surface area contributed by atoms with E-state index in [1.807, 2.05) is 35.4 Å². The number of nitrogens with zero attached hydrogens (tertiary/aromatic N) is 9. The van der Waals surface area contributed by atoms with Crippen LogP contribution in [0.25, 0.3) is 33.6 Å². The molecule has 2 aliphatic heterocycles. The van der Waals surface area contributed by atoms with Gasteiger partial charge in [-0.05, 0) is 67.9 Å². The summed E-state index contributed by atoms with van der Waals surface area (Å²) in [4.78, 5) is 48.9. The Balaban J connectivity index is 1.15. The van der Waals surface area contributed by atoms with Gasteiger partial charge in [0.1, 0.15) is 23.0 Å². The molecule has 0 radical (unpaired) electrons. The number of carbonyl (C=O) groups is 2. The van der Waals surface area contributed by atoms with Crippen LogP contribution in [-0.2, 0) is 6.54 Å². The lowest BCUT2D eigenvalue weighted by atomic mass is 10.1. The molecule has 0 spiro atoms. The molecule has 13 heteroatoms. The Bertz CT molecular complexity index is 2160. The molecule has 2 N–H and O–H groups in total. The lowest BCUT2D eigenvalue weighted by Gasteiger charge is -2.41. The minimum Gasteiger partial charge on any atom is -0.494 e. The number of rotatable bonds is 7. The van der Waals surface area contributed by atoms with Crippen LogP contribution in [0.4, 0.5) is 0 Å². The number of nitriles is 1. The molecule has 2 saturated heterocycles. The molecule has 2 unspecified atom stereocenters. The lowest BCUT2D eigenvalue weighted by molar-refractivity contribution is 0.0526. The first kappa shape index (κ1) is 28.8. The van der Waals surface area contributed by atoms with Gasteiger partial charge in [0.2, 0.25) is 5.82 Å². The first-order chi connectivity index (χ1) is 23.4. The van der Waals surface area contributed by atoms with Crippen molar-refractivity contribution in [3.8, 4) is 23.3 Å². The fourth-order valence-corrected chi connectivity index (χ4v) is 7.94. The average molecular weight is 643 g/mol. The van der Waals surface area contributed by atoms with Crippen LogP contribution >= 0.6 is 0 Å². The molecule has 1 aromatic carbocycles. The van der Waals surface area contributed by atoms with Gasteiger partial charge < -0.3 is 29.4 Å². The highest BCUT2D eigenvalue weighted by atomic mass is 16.5. The minimum atomic E-state index is -0.202. The van der Waals surface area contributed by atoms with Crippen molar-refractivity contribution in [2.75, 3.05) is 26.7 Å². The van der Waals surface area contributed by atoms with Crippen LogP contribution in [0.5, 0.6) is 5.75 Å². The Morgan fingerprint density at radius 3 is 2.52 bits per heavy atom. The summed E-state index contributed by atoms with van der Waals surface area (Å²) < 4.78 is 10.4. The number of nitrogens with two attached hydrogens (primary N) is 1. The summed E-state index contributed by atoms with van der Waals surface area (Å²) in [5.41, 5.74) is 10.6. The number of carbonyl (C=O) groups excluding carboxylic acids is 2. The zero-order valence-electron chi connectivity index (χ0n) is 26.5. The highest BCUT2D eigenvalue weighted by Gasteiger charge is 2.47. The summed E-state index contributed by atoms with van der Waals surface area (Å²) in [6.45, 7) is 2.37. The van der Waals surface area contributed by atoms with Crippen molar-refractivity contribution in [2.24, 2.45) is 17.6 Å². The van der Waals surface area contributed by atoms with E-state index in [-0.39, 0.29) is 35.8 Å². The highest BCUT2D eigenvalue weighted by Crippen LogP contribution is 2.42. The predicted octanol–water partition coefficient (Wildman–Crippen LogP) is 3.39. The Morgan fingerprint density at radius 1 is 1.02 bits per heavy atom. The van der Waals surface area contributed by atoms with Gasteiger partial charge >= 0.3 is 0 Å². The second-order valence-electron chi connectivity index (χ2n) is 13.6. The number of benzene rings is 1. The van der Waals surface area contributed by atoms with E-state index in [1.165, 1.54) is 25.2 Å². The van der Waals surface area contributed by atoms with Gasteiger partial charge in [-0.2, -0.15) is 5.26 Å². The fourth-order valence-electron chi connectivity index (χ4n) is 7.94. The normalized spacial score (nSPS) is 22.0. The van der Waals surface area contributed by atoms with E-state index in [4.69, 9.17) is 25.7 Å². The van der Waals surface area contributed by atoms with Gasteiger partial charge in [-0.1, -0.05) is 0 Å². The van der Waals surface area contributed by atoms with E-state index >= 15 is 0 Å². The van der Waals surface area contributed by atoms with E-state index in [0.29, 0.717) is 53.9 Å². The Labute approximate surface area is 275 Å². The van der Waals surface area contributed by atoms with E-state index in [1.54, 1.807) is 12.0 Å². The van der Waals surface area contributed by atoms with Crippen molar-refractivity contribution >= 4 is 33.9 Å². The molecular formula is C35H34N10O3. The number of aromatic nitrogens is 6. The zero-order chi connectivity index (χ0) is 32.7. The monoisotopic (exact) mass is 642 g/mol. The van der Waals surface area contributed by atoms with Crippen molar-refractivity contribution in [3.63, 3.8) is 0 Å². The van der Waals surface area contributed by atoms with Crippen molar-refractivity contribution in [1.29, 1.82) is 5.26 Å². The molecule has 2 bridgehead atoms. The van der Waals surface area contributed by atoms with Gasteiger partial charge in [-0.3, -0.25) is 9.59 Å². The van der Waals surface area contributed by atoms with Gasteiger partial charge in [0, 0.05) is 67.8 Å². The van der Waals surface area contributed by atoms with E-state index < -0.39 is 0 Å². The lowest BCUT2D eigenvalue weighted by Crippen LogP contribution is -2.51. The first-order valence-electron chi connectivity index (χ1n) is 16.5. The second kappa shape index (κ2) is 10.8. The third kappa shape index (κ3) is 4.46. The van der Waals surface area contributed by atoms with Crippen LogP contribution in [-0.4, -0.2) is 89.5 Å². The number of methoxy groups -OCH3 is 1. The quantitative estimate of drug-likeness (QED) is 0.281. The summed E-state index contributed by atoms with van der Waals surface area (Å²) in [6.07, 6.45) is 8.96. The Hall–Kier alpha value is -5.35. The summed E-state index contributed by atoms with van der Waals surface area (Å²) in [5, 5.41) is 10.1. The Morgan fingerprint density at radius 2 is 1.83 bits per heavy atom. The highest BCUT2D eigenvalue weighted by molar-refractivity contribution is 6.01. The fraction of sp³-hybridized carbons (Fsp3) is 0.400. The molecule has 4 aliphatic rings. The van der Waals surface area contributed by atoms with Crippen LogP contribution in [0.2, 0.25) is 0 Å². The summed E-state index contributed by atoms with van der Waals surface area (Å²) in [5.74, 6) is 2.00. The maximum atomic E-state index is 13.9. The van der Waals surface area contributed by atoms with Crippen molar-refractivity contribution in [3.05, 3.63) is 65.9 Å². The summed E-state index contributed by atoms with van der Waals surface area (Å²) in [6, 6.07) is 11.7. The van der Waals surface area contributed by atoms with Crippen LogP contribution in [0.15, 0.2) is 48.9 Å². The number of ether oxygens (including phenoxy) is 1. The van der Waals surface area contributed by atoms with E-state index in [0.717, 1.165) is 47.5 Å². The molecule has 2 aliphatic carbocycles. The molecule has 3 atom stereocenters. The number of hydrogen-bond donors (Lipinski definition) is 1. The average Bonchev–Trinajstić information content (AvgIpc) is 3.44. The number of likely N-dealkylation sites (tertiary alicyclic amines) is 2. The molecule has 4 fully saturated rings. The molecule has 2 amide bonds. The molecule has 13 nitrogen and oxygen atoms in total. The first-order valence-corrected chi connectivity index (χ1v) is 16.5. The van der Waals surface area contributed by atoms with E-state index in [2.05, 4.69) is 31.2 Å². The topological polar surface area (TPSA) is 161 Å². The summed E-state index contributed by atoms with van der Waals surface area (Å²) in [7, 11) is 1.61. The number of amides is 2. The van der Waals surface area contributed by atoms with Crippen molar-refractivity contribution in [1.82, 2.24) is 38.9 Å². The molecule has 242 valence electrons. The predicted molar refractivity (Wildman–Crippen MR) is 175 cm³/mol. The molecule has 4 aromatic heterocycles. The maximum Gasteiger partial charge on any atom is 0.257 e. The molecule has 5 aromatic rings. The molecule has 9 rings (SSSR count). The molecule has 2 saturated carbocycles. The smallest absolute Gasteiger partial charge is 0.257 e.